The van der Waals surface area contributed by atoms with Crippen molar-refractivity contribution in [1.29, 1.82) is 0 Å². The Bertz CT molecular complexity index is 918. The number of anilines is 2. The van der Waals surface area contributed by atoms with Gasteiger partial charge in [0.25, 0.3) is 0 Å². The van der Waals surface area contributed by atoms with E-state index < -0.39 is 17.5 Å². The van der Waals surface area contributed by atoms with E-state index in [4.69, 9.17) is 0 Å². The van der Waals surface area contributed by atoms with Gasteiger partial charge in [-0.2, -0.15) is 13.2 Å². The molecular formula is C20H24F3N5O. The molecule has 0 aliphatic carbocycles. The first-order valence-electron chi connectivity index (χ1n) is 9.72. The van der Waals surface area contributed by atoms with Crippen molar-refractivity contribution in [2.75, 3.05) is 43.4 Å². The van der Waals surface area contributed by atoms with Gasteiger partial charge in [-0.3, -0.25) is 0 Å². The molecule has 4 rings (SSSR count). The number of aromatic hydroxyl groups is 1. The molecule has 29 heavy (non-hydrogen) atoms. The highest BCUT2D eigenvalue weighted by atomic mass is 19.4. The Labute approximate surface area is 167 Å². The van der Waals surface area contributed by atoms with Crippen LogP contribution >= 0.6 is 0 Å². The number of likely N-dealkylation sites (N-methyl/N-ethyl adjacent to an activating group) is 1. The third-order valence-corrected chi connectivity index (χ3v) is 5.75. The molecule has 156 valence electrons. The maximum Gasteiger partial charge on any atom is 0.416 e. The number of alkyl halides is 3. The topological polar surface area (TPSA) is 64.5 Å². The number of nitrogens with zero attached hydrogens (tertiary/aromatic N) is 4. The van der Waals surface area contributed by atoms with Crippen LogP contribution in [-0.2, 0) is 6.18 Å². The number of aromatic nitrogens is 2. The van der Waals surface area contributed by atoms with Crippen LogP contribution in [0.25, 0.3) is 11.3 Å². The summed E-state index contributed by atoms with van der Waals surface area (Å²) in [7, 11) is 2.11. The largest absolute Gasteiger partial charge is 0.507 e. The molecule has 0 spiro atoms. The van der Waals surface area contributed by atoms with Crippen LogP contribution in [0.3, 0.4) is 0 Å². The molecule has 0 radical (unpaired) electrons. The quantitative estimate of drug-likeness (QED) is 0.795. The Kier molecular flexibility index (Phi) is 5.02. The molecule has 2 aromatic rings. The average Bonchev–Trinajstić information content (AvgIpc) is 2.68. The second-order valence-electron chi connectivity index (χ2n) is 7.78. The van der Waals surface area contributed by atoms with Gasteiger partial charge in [0, 0.05) is 36.8 Å². The first-order chi connectivity index (χ1) is 13.8. The lowest BCUT2D eigenvalue weighted by Gasteiger charge is -2.41. The van der Waals surface area contributed by atoms with Crippen molar-refractivity contribution in [3.05, 3.63) is 29.3 Å². The number of phenols is 1. The Morgan fingerprint density at radius 3 is 2.69 bits per heavy atom. The van der Waals surface area contributed by atoms with Crippen LogP contribution in [0.1, 0.15) is 24.0 Å². The maximum absolute atomic E-state index is 12.9. The number of fused-ring (bicyclic) bond motifs is 1. The van der Waals surface area contributed by atoms with Crippen molar-refractivity contribution in [3.63, 3.8) is 0 Å². The van der Waals surface area contributed by atoms with Gasteiger partial charge in [-0.05, 0) is 51.6 Å². The lowest BCUT2D eigenvalue weighted by Crippen LogP contribution is -2.50. The Morgan fingerprint density at radius 2 is 2.00 bits per heavy atom. The zero-order valence-electron chi connectivity index (χ0n) is 16.4. The standard InChI is InChI=1S/C20H24F3N5O/c1-12-17(15-6-5-13(10-16(15)29)20(21,22)23)25-26-19-18(12)24-7-9-28(19)14-4-3-8-27(2)11-14/h5-6,10,14,24,29H,3-4,7-9,11H2,1-2H3/t14-/m0/s1. The van der Waals surface area contributed by atoms with Crippen molar-refractivity contribution < 1.29 is 18.3 Å². The fourth-order valence-electron chi connectivity index (χ4n) is 4.24. The van der Waals surface area contributed by atoms with Gasteiger partial charge >= 0.3 is 6.18 Å². The fourth-order valence-corrected chi connectivity index (χ4v) is 4.24. The lowest BCUT2D eigenvalue weighted by atomic mass is 10.0. The molecule has 2 N–H and O–H groups in total. The summed E-state index contributed by atoms with van der Waals surface area (Å²) in [5, 5.41) is 22.3. The maximum atomic E-state index is 12.9. The number of phenolic OH excluding ortho intramolecular Hbond substituents is 1. The minimum atomic E-state index is -4.51. The van der Waals surface area contributed by atoms with Gasteiger partial charge in [-0.25, -0.2) is 0 Å². The molecule has 0 bridgehead atoms. The third-order valence-electron chi connectivity index (χ3n) is 5.75. The minimum Gasteiger partial charge on any atom is -0.507 e. The second-order valence-corrected chi connectivity index (χ2v) is 7.78. The SMILES string of the molecule is Cc1c(-c2ccc(C(F)(F)F)cc2O)nnc2c1NCCN2[C@H]1CCCN(C)C1. The average molecular weight is 407 g/mol. The summed E-state index contributed by atoms with van der Waals surface area (Å²) < 4.78 is 38.7. The monoisotopic (exact) mass is 407 g/mol. The number of hydrogen-bond acceptors (Lipinski definition) is 6. The summed E-state index contributed by atoms with van der Waals surface area (Å²) in [5.41, 5.74) is 1.31. The molecule has 2 aliphatic heterocycles. The molecule has 0 saturated carbocycles. The Balaban J connectivity index is 1.70. The highest BCUT2D eigenvalue weighted by Gasteiger charge is 2.33. The van der Waals surface area contributed by atoms with E-state index in [9.17, 15) is 18.3 Å². The molecule has 1 fully saturated rings. The zero-order valence-corrected chi connectivity index (χ0v) is 16.4. The summed E-state index contributed by atoms with van der Waals surface area (Å²) >= 11 is 0. The number of likely N-dealkylation sites (tertiary alicyclic amines) is 1. The molecule has 9 heteroatoms. The van der Waals surface area contributed by atoms with E-state index in [1.54, 1.807) is 0 Å². The summed E-state index contributed by atoms with van der Waals surface area (Å²) in [6.45, 7) is 5.47. The Hall–Kier alpha value is -2.55. The first kappa shape index (κ1) is 19.8. The van der Waals surface area contributed by atoms with Crippen LogP contribution < -0.4 is 10.2 Å². The first-order valence-corrected chi connectivity index (χ1v) is 9.72. The van der Waals surface area contributed by atoms with E-state index in [-0.39, 0.29) is 5.56 Å². The summed E-state index contributed by atoms with van der Waals surface area (Å²) in [6.07, 6.45) is -2.29. The number of rotatable bonds is 2. The number of hydrogen-bond donors (Lipinski definition) is 2. The minimum absolute atomic E-state index is 0.238. The van der Waals surface area contributed by atoms with Crippen molar-refractivity contribution >= 4 is 11.5 Å². The Morgan fingerprint density at radius 1 is 1.21 bits per heavy atom. The van der Waals surface area contributed by atoms with Crippen molar-refractivity contribution in [3.8, 4) is 17.0 Å². The highest BCUT2D eigenvalue weighted by Crippen LogP contribution is 2.40. The summed E-state index contributed by atoms with van der Waals surface area (Å²) in [5.74, 6) is 0.308. The van der Waals surface area contributed by atoms with Crippen molar-refractivity contribution in [2.24, 2.45) is 0 Å². The predicted molar refractivity (Wildman–Crippen MR) is 105 cm³/mol. The van der Waals surface area contributed by atoms with E-state index in [0.717, 1.165) is 68.2 Å². The van der Waals surface area contributed by atoms with Crippen molar-refractivity contribution in [1.82, 2.24) is 15.1 Å². The van der Waals surface area contributed by atoms with Crippen LogP contribution in [0.15, 0.2) is 18.2 Å². The molecule has 1 aromatic heterocycles. The van der Waals surface area contributed by atoms with Gasteiger partial charge in [-0.1, -0.05) is 0 Å². The van der Waals surface area contributed by atoms with E-state index >= 15 is 0 Å². The molecule has 3 heterocycles. The molecule has 1 atom stereocenters. The summed E-state index contributed by atoms with van der Waals surface area (Å²) in [6, 6.07) is 3.28. The number of nitrogens with one attached hydrogen (secondary N) is 1. The van der Waals surface area contributed by atoms with E-state index in [1.165, 1.54) is 6.07 Å². The van der Waals surface area contributed by atoms with Gasteiger partial charge in [0.15, 0.2) is 5.82 Å². The normalized spacial score (nSPS) is 20.3. The van der Waals surface area contributed by atoms with E-state index in [0.29, 0.717) is 11.7 Å². The third kappa shape index (κ3) is 3.71. The van der Waals surface area contributed by atoms with Gasteiger partial charge < -0.3 is 20.2 Å². The molecule has 0 amide bonds. The van der Waals surface area contributed by atoms with Crippen LogP contribution in [0.5, 0.6) is 5.75 Å². The smallest absolute Gasteiger partial charge is 0.416 e. The van der Waals surface area contributed by atoms with Gasteiger partial charge in [0.05, 0.1) is 11.3 Å². The van der Waals surface area contributed by atoms with Gasteiger partial charge in [-0.15, -0.1) is 10.2 Å². The fraction of sp³-hybridized carbons (Fsp3) is 0.500. The molecule has 1 saturated heterocycles. The van der Waals surface area contributed by atoms with E-state index in [2.05, 4.69) is 32.4 Å². The zero-order chi connectivity index (χ0) is 20.8. The van der Waals surface area contributed by atoms with Crippen LogP contribution in [0.4, 0.5) is 24.7 Å². The van der Waals surface area contributed by atoms with E-state index in [1.807, 2.05) is 6.92 Å². The number of benzene rings is 1. The van der Waals surface area contributed by atoms with Crippen LogP contribution in [-0.4, -0.2) is 59.5 Å². The van der Waals surface area contributed by atoms with Gasteiger partial charge in [0.1, 0.15) is 11.4 Å². The molecular weight excluding hydrogens is 383 g/mol. The van der Waals surface area contributed by atoms with Gasteiger partial charge in [0.2, 0.25) is 0 Å². The highest BCUT2D eigenvalue weighted by molar-refractivity contribution is 5.80. The molecule has 0 unspecified atom stereocenters. The summed E-state index contributed by atoms with van der Waals surface area (Å²) in [4.78, 5) is 4.59. The molecule has 6 nitrogen and oxygen atoms in total. The van der Waals surface area contributed by atoms with Crippen LogP contribution in [0.2, 0.25) is 0 Å². The number of piperidine rings is 1. The lowest BCUT2D eigenvalue weighted by molar-refractivity contribution is -0.137. The molecule has 1 aromatic carbocycles. The number of halogens is 3. The molecule has 2 aliphatic rings. The van der Waals surface area contributed by atoms with Crippen molar-refractivity contribution in [2.45, 2.75) is 32.0 Å². The van der Waals surface area contributed by atoms with Crippen LogP contribution in [0, 0.1) is 6.92 Å². The predicted octanol–water partition coefficient (Wildman–Crippen LogP) is 3.50. The second kappa shape index (κ2) is 7.37.